The molecular formula is C28H30ClN3O4. The van der Waals surface area contributed by atoms with E-state index in [9.17, 15) is 9.59 Å². The number of carbonyl (C=O) groups excluding carboxylic acids is 2. The number of nitrogens with one attached hydrogen (secondary N) is 2. The summed E-state index contributed by atoms with van der Waals surface area (Å²) in [6.45, 7) is 7.00. The summed E-state index contributed by atoms with van der Waals surface area (Å²) in [5, 5.41) is 0.352. The van der Waals surface area contributed by atoms with Crippen molar-refractivity contribution in [1.82, 2.24) is 5.43 Å². The van der Waals surface area contributed by atoms with Crippen molar-refractivity contribution in [2.75, 3.05) is 23.5 Å². The van der Waals surface area contributed by atoms with Crippen LogP contribution < -0.4 is 25.2 Å². The largest absolute Gasteiger partial charge is 0.490 e. The molecule has 0 aliphatic carbocycles. The zero-order chi connectivity index (χ0) is 25.7. The van der Waals surface area contributed by atoms with Gasteiger partial charge in [-0.15, -0.1) is 0 Å². The molecular weight excluding hydrogens is 478 g/mol. The SMILES string of the molecule is CCOc1cc(NNC(=O)[C@@H]2CC(=O)N(c3ccc(C)c(C)c3)C2)cc(Cl)c1OCc1ccccc1. The molecule has 2 N–H and O–H groups in total. The summed E-state index contributed by atoms with van der Waals surface area (Å²) in [6.07, 6.45) is 0.150. The number of amides is 2. The highest BCUT2D eigenvalue weighted by molar-refractivity contribution is 6.32. The summed E-state index contributed by atoms with van der Waals surface area (Å²) < 4.78 is 11.7. The van der Waals surface area contributed by atoms with Gasteiger partial charge in [-0.2, -0.15) is 0 Å². The van der Waals surface area contributed by atoms with E-state index in [4.69, 9.17) is 21.1 Å². The molecule has 0 unspecified atom stereocenters. The molecule has 36 heavy (non-hydrogen) atoms. The van der Waals surface area contributed by atoms with Gasteiger partial charge in [0, 0.05) is 24.7 Å². The van der Waals surface area contributed by atoms with Gasteiger partial charge in [-0.25, -0.2) is 0 Å². The van der Waals surface area contributed by atoms with Crippen LogP contribution in [0.4, 0.5) is 11.4 Å². The predicted octanol–water partition coefficient (Wildman–Crippen LogP) is 5.43. The monoisotopic (exact) mass is 507 g/mol. The number of hydrogen-bond acceptors (Lipinski definition) is 5. The van der Waals surface area contributed by atoms with E-state index in [1.54, 1.807) is 17.0 Å². The number of hydrogen-bond donors (Lipinski definition) is 2. The molecule has 188 valence electrons. The van der Waals surface area contributed by atoms with Gasteiger partial charge in [-0.1, -0.05) is 48.0 Å². The van der Waals surface area contributed by atoms with Crippen molar-refractivity contribution in [2.24, 2.45) is 5.92 Å². The molecule has 0 saturated carbocycles. The number of benzene rings is 3. The van der Waals surface area contributed by atoms with Crippen LogP contribution in [0.5, 0.6) is 11.5 Å². The number of halogens is 1. The number of carbonyl (C=O) groups is 2. The normalized spacial score (nSPS) is 15.1. The van der Waals surface area contributed by atoms with Gasteiger partial charge in [0.1, 0.15) is 6.61 Å². The average molecular weight is 508 g/mol. The van der Waals surface area contributed by atoms with E-state index in [0.29, 0.717) is 42.0 Å². The van der Waals surface area contributed by atoms with Gasteiger partial charge in [0.15, 0.2) is 11.5 Å². The van der Waals surface area contributed by atoms with E-state index in [1.165, 1.54) is 0 Å². The molecule has 0 aromatic heterocycles. The van der Waals surface area contributed by atoms with Crippen LogP contribution >= 0.6 is 11.6 Å². The average Bonchev–Trinajstić information content (AvgIpc) is 3.26. The Morgan fingerprint density at radius 1 is 1.06 bits per heavy atom. The van der Waals surface area contributed by atoms with Crippen LogP contribution in [0.3, 0.4) is 0 Å². The lowest BCUT2D eigenvalue weighted by Gasteiger charge is -2.19. The smallest absolute Gasteiger partial charge is 0.243 e. The Kier molecular flexibility index (Phi) is 8.00. The standard InChI is InChI=1S/C28H30ClN3O4/c1-4-35-25-15-22(14-24(29)27(25)36-17-20-8-6-5-7-9-20)30-31-28(34)21-13-26(33)32(16-21)23-11-10-18(2)19(3)12-23/h5-12,14-15,21,30H,4,13,16-17H2,1-3H3,(H,31,34)/t21-/m1/s1. The zero-order valence-corrected chi connectivity index (χ0v) is 21.4. The van der Waals surface area contributed by atoms with Gasteiger partial charge in [0.25, 0.3) is 0 Å². The van der Waals surface area contributed by atoms with Crippen molar-refractivity contribution in [3.05, 3.63) is 82.4 Å². The Bertz CT molecular complexity index is 1250. The summed E-state index contributed by atoms with van der Waals surface area (Å²) >= 11 is 6.50. The maximum absolute atomic E-state index is 12.8. The molecule has 0 spiro atoms. The van der Waals surface area contributed by atoms with Gasteiger partial charge in [0.05, 0.1) is 23.2 Å². The Labute approximate surface area is 216 Å². The van der Waals surface area contributed by atoms with Crippen molar-refractivity contribution >= 4 is 34.8 Å². The van der Waals surface area contributed by atoms with Crippen LogP contribution in [0.25, 0.3) is 0 Å². The summed E-state index contributed by atoms with van der Waals surface area (Å²) in [5.41, 5.74) is 10.2. The van der Waals surface area contributed by atoms with Gasteiger partial charge in [0.2, 0.25) is 11.8 Å². The Morgan fingerprint density at radius 3 is 2.56 bits per heavy atom. The van der Waals surface area contributed by atoms with E-state index < -0.39 is 5.92 Å². The lowest BCUT2D eigenvalue weighted by molar-refractivity contribution is -0.125. The number of hydrazine groups is 1. The maximum Gasteiger partial charge on any atom is 0.243 e. The first-order valence-electron chi connectivity index (χ1n) is 11.9. The highest BCUT2D eigenvalue weighted by atomic mass is 35.5. The molecule has 1 aliphatic rings. The molecule has 1 fully saturated rings. The third-order valence-electron chi connectivity index (χ3n) is 6.16. The fourth-order valence-corrected chi connectivity index (χ4v) is 4.30. The number of rotatable bonds is 9. The molecule has 7 nitrogen and oxygen atoms in total. The molecule has 4 rings (SSSR count). The number of aryl methyl sites for hydroxylation is 2. The second-order valence-corrected chi connectivity index (χ2v) is 9.19. The van der Waals surface area contributed by atoms with E-state index in [2.05, 4.69) is 10.9 Å². The molecule has 1 atom stereocenters. The van der Waals surface area contributed by atoms with E-state index >= 15 is 0 Å². The van der Waals surface area contributed by atoms with Crippen molar-refractivity contribution in [2.45, 2.75) is 33.8 Å². The zero-order valence-electron chi connectivity index (χ0n) is 20.6. The lowest BCUT2D eigenvalue weighted by atomic mass is 10.1. The van der Waals surface area contributed by atoms with Crippen LogP contribution in [-0.4, -0.2) is 25.0 Å². The quantitative estimate of drug-likeness (QED) is 0.377. The second-order valence-electron chi connectivity index (χ2n) is 8.78. The number of anilines is 2. The highest BCUT2D eigenvalue weighted by Gasteiger charge is 2.35. The molecule has 0 radical (unpaired) electrons. The van der Waals surface area contributed by atoms with Crippen LogP contribution in [0, 0.1) is 19.8 Å². The van der Waals surface area contributed by atoms with E-state index in [-0.39, 0.29) is 18.2 Å². The molecule has 8 heteroatoms. The number of nitrogens with zero attached hydrogens (tertiary/aromatic N) is 1. The van der Waals surface area contributed by atoms with Crippen LogP contribution in [0.15, 0.2) is 60.7 Å². The molecule has 1 heterocycles. The fourth-order valence-electron chi connectivity index (χ4n) is 4.03. The molecule has 0 bridgehead atoms. The molecule has 1 saturated heterocycles. The first-order chi connectivity index (χ1) is 17.4. The Balaban J connectivity index is 1.40. The van der Waals surface area contributed by atoms with E-state index in [0.717, 1.165) is 22.4 Å². The van der Waals surface area contributed by atoms with Crippen molar-refractivity contribution in [1.29, 1.82) is 0 Å². The predicted molar refractivity (Wildman–Crippen MR) is 142 cm³/mol. The van der Waals surface area contributed by atoms with Crippen LogP contribution in [0.1, 0.15) is 30.0 Å². The Morgan fingerprint density at radius 2 is 1.83 bits per heavy atom. The summed E-state index contributed by atoms with van der Waals surface area (Å²) in [5.74, 6) is 0.0920. The van der Waals surface area contributed by atoms with E-state index in [1.807, 2.05) is 69.3 Å². The second kappa shape index (κ2) is 11.4. The third-order valence-corrected chi connectivity index (χ3v) is 6.44. The minimum atomic E-state index is -0.470. The van der Waals surface area contributed by atoms with Gasteiger partial charge in [-0.05, 0) is 55.7 Å². The van der Waals surface area contributed by atoms with Gasteiger partial charge < -0.3 is 14.4 Å². The van der Waals surface area contributed by atoms with Crippen LogP contribution in [-0.2, 0) is 16.2 Å². The molecule has 1 aliphatic heterocycles. The highest BCUT2D eigenvalue weighted by Crippen LogP contribution is 2.39. The van der Waals surface area contributed by atoms with Gasteiger partial charge >= 0.3 is 0 Å². The minimum Gasteiger partial charge on any atom is -0.490 e. The third kappa shape index (κ3) is 5.91. The summed E-state index contributed by atoms with van der Waals surface area (Å²) in [7, 11) is 0. The lowest BCUT2D eigenvalue weighted by Crippen LogP contribution is -2.36. The Hall–Kier alpha value is -3.71. The first-order valence-corrected chi connectivity index (χ1v) is 12.3. The molecule has 3 aromatic rings. The van der Waals surface area contributed by atoms with Gasteiger partial charge in [-0.3, -0.25) is 20.4 Å². The summed E-state index contributed by atoms with van der Waals surface area (Å²) in [4.78, 5) is 27.1. The topological polar surface area (TPSA) is 79.9 Å². The molecule has 3 aromatic carbocycles. The van der Waals surface area contributed by atoms with Crippen molar-refractivity contribution in [3.8, 4) is 11.5 Å². The number of ether oxygens (including phenoxy) is 2. The maximum atomic E-state index is 12.8. The minimum absolute atomic E-state index is 0.0694. The fraction of sp³-hybridized carbons (Fsp3) is 0.286. The molecule has 2 amide bonds. The van der Waals surface area contributed by atoms with Crippen molar-refractivity contribution < 1.29 is 19.1 Å². The summed E-state index contributed by atoms with van der Waals surface area (Å²) in [6, 6.07) is 19.0. The first kappa shape index (κ1) is 25.4. The van der Waals surface area contributed by atoms with Crippen molar-refractivity contribution in [3.63, 3.8) is 0 Å². The van der Waals surface area contributed by atoms with Crippen LogP contribution in [0.2, 0.25) is 5.02 Å².